The zero-order valence-corrected chi connectivity index (χ0v) is 14.0. The lowest BCUT2D eigenvalue weighted by molar-refractivity contribution is 0.566. The van der Waals surface area contributed by atoms with Crippen molar-refractivity contribution in [2.45, 2.75) is 31.7 Å². The molecule has 1 aromatic carbocycles. The van der Waals surface area contributed by atoms with E-state index in [1.807, 2.05) is 20.0 Å². The molecule has 1 heterocycles. The molecule has 1 atom stereocenters. The largest absolute Gasteiger partial charge is 0.275 e. The van der Waals surface area contributed by atoms with Gasteiger partial charge in [-0.3, -0.25) is 4.68 Å². The molecular formula is C14H18ClN3O2S. The molecule has 0 amide bonds. The molecule has 1 N–H and O–H groups in total. The van der Waals surface area contributed by atoms with Gasteiger partial charge in [0.2, 0.25) is 10.0 Å². The van der Waals surface area contributed by atoms with E-state index in [-0.39, 0.29) is 10.9 Å². The van der Waals surface area contributed by atoms with Crippen LogP contribution in [-0.4, -0.2) is 18.2 Å². The maximum atomic E-state index is 12.4. The van der Waals surface area contributed by atoms with E-state index in [1.165, 1.54) is 6.07 Å². The molecule has 21 heavy (non-hydrogen) atoms. The second kappa shape index (κ2) is 5.79. The van der Waals surface area contributed by atoms with Gasteiger partial charge in [0.05, 0.1) is 10.6 Å². The standard InChI is InChI=1S/C14H18ClN3O2S/c1-9-5-6-12(7-14(9)15)21(19,20)17-11(3)13-8-18(4)16-10(13)2/h5-8,11,17H,1-4H3. The van der Waals surface area contributed by atoms with Crippen molar-refractivity contribution >= 4 is 21.6 Å². The number of rotatable bonds is 4. The van der Waals surface area contributed by atoms with Crippen molar-refractivity contribution in [3.63, 3.8) is 0 Å². The molecule has 7 heteroatoms. The predicted octanol–water partition coefficient (Wildman–Crippen LogP) is 2.73. The van der Waals surface area contributed by atoms with E-state index in [4.69, 9.17) is 11.6 Å². The molecule has 2 aromatic rings. The summed E-state index contributed by atoms with van der Waals surface area (Å²) in [4.78, 5) is 0.159. The van der Waals surface area contributed by atoms with Crippen LogP contribution in [0.2, 0.25) is 5.02 Å². The molecule has 0 radical (unpaired) electrons. The summed E-state index contributed by atoms with van der Waals surface area (Å²) in [5.74, 6) is 0. The summed E-state index contributed by atoms with van der Waals surface area (Å²) in [6, 6.07) is 4.33. The van der Waals surface area contributed by atoms with Crippen molar-refractivity contribution in [2.75, 3.05) is 0 Å². The third kappa shape index (κ3) is 3.45. The van der Waals surface area contributed by atoms with Crippen LogP contribution in [0.15, 0.2) is 29.3 Å². The van der Waals surface area contributed by atoms with Crippen LogP contribution in [0.3, 0.4) is 0 Å². The van der Waals surface area contributed by atoms with Crippen molar-refractivity contribution in [1.29, 1.82) is 0 Å². The first-order chi connectivity index (χ1) is 9.70. The molecule has 0 aliphatic rings. The number of sulfonamides is 1. The minimum Gasteiger partial charge on any atom is -0.275 e. The summed E-state index contributed by atoms with van der Waals surface area (Å²) < 4.78 is 29.1. The Kier molecular flexibility index (Phi) is 4.41. The van der Waals surface area contributed by atoms with E-state index in [1.54, 1.807) is 30.8 Å². The summed E-state index contributed by atoms with van der Waals surface area (Å²) in [6.07, 6.45) is 1.81. The monoisotopic (exact) mass is 327 g/mol. The van der Waals surface area contributed by atoms with Crippen molar-refractivity contribution < 1.29 is 8.42 Å². The second-order valence-electron chi connectivity index (χ2n) is 5.10. The number of nitrogens with one attached hydrogen (secondary N) is 1. The summed E-state index contributed by atoms with van der Waals surface area (Å²) in [5, 5.41) is 4.65. The highest BCUT2D eigenvalue weighted by atomic mass is 35.5. The van der Waals surface area contributed by atoms with E-state index in [0.29, 0.717) is 5.02 Å². The quantitative estimate of drug-likeness (QED) is 0.939. The minimum absolute atomic E-state index is 0.159. The SMILES string of the molecule is Cc1ccc(S(=O)(=O)NC(C)c2cn(C)nc2C)cc1Cl. The van der Waals surface area contributed by atoms with Gasteiger partial charge in [0.1, 0.15) is 0 Å². The molecule has 0 bridgehead atoms. The number of benzene rings is 1. The predicted molar refractivity (Wildman–Crippen MR) is 82.9 cm³/mol. The summed E-state index contributed by atoms with van der Waals surface area (Å²) in [6.45, 7) is 5.47. The van der Waals surface area contributed by atoms with Crippen molar-refractivity contribution in [3.05, 3.63) is 46.2 Å². The molecule has 0 spiro atoms. The molecule has 0 aliphatic carbocycles. The summed E-state index contributed by atoms with van der Waals surface area (Å²) in [5.41, 5.74) is 2.49. The van der Waals surface area contributed by atoms with E-state index >= 15 is 0 Å². The van der Waals surface area contributed by atoms with Crippen LogP contribution in [0.1, 0.15) is 29.8 Å². The number of aromatic nitrogens is 2. The van der Waals surface area contributed by atoms with E-state index in [0.717, 1.165) is 16.8 Å². The smallest absolute Gasteiger partial charge is 0.241 e. The maximum Gasteiger partial charge on any atom is 0.241 e. The highest BCUT2D eigenvalue weighted by Crippen LogP contribution is 2.22. The van der Waals surface area contributed by atoms with Gasteiger partial charge in [0.15, 0.2) is 0 Å². The van der Waals surface area contributed by atoms with Gasteiger partial charge in [-0.2, -0.15) is 5.10 Å². The average Bonchev–Trinajstić information content (AvgIpc) is 2.71. The number of hydrogen-bond donors (Lipinski definition) is 1. The Balaban J connectivity index is 2.28. The molecule has 1 aromatic heterocycles. The van der Waals surface area contributed by atoms with E-state index in [9.17, 15) is 8.42 Å². The van der Waals surface area contributed by atoms with Crippen LogP contribution in [0.5, 0.6) is 0 Å². The lowest BCUT2D eigenvalue weighted by Gasteiger charge is -2.14. The third-order valence-corrected chi connectivity index (χ3v) is 5.25. The van der Waals surface area contributed by atoms with Gasteiger partial charge in [-0.1, -0.05) is 17.7 Å². The average molecular weight is 328 g/mol. The van der Waals surface area contributed by atoms with Crippen molar-refractivity contribution in [3.8, 4) is 0 Å². The lowest BCUT2D eigenvalue weighted by atomic mass is 10.1. The molecule has 2 rings (SSSR count). The Morgan fingerprint density at radius 1 is 1.33 bits per heavy atom. The molecule has 5 nitrogen and oxygen atoms in total. The van der Waals surface area contributed by atoms with Crippen LogP contribution in [-0.2, 0) is 17.1 Å². The highest BCUT2D eigenvalue weighted by molar-refractivity contribution is 7.89. The number of aryl methyl sites for hydroxylation is 3. The third-order valence-electron chi connectivity index (χ3n) is 3.30. The van der Waals surface area contributed by atoms with Crippen molar-refractivity contribution in [1.82, 2.24) is 14.5 Å². The molecule has 0 fully saturated rings. The van der Waals surface area contributed by atoms with E-state index < -0.39 is 10.0 Å². The molecular weight excluding hydrogens is 310 g/mol. The van der Waals surface area contributed by atoms with Gasteiger partial charge in [0.25, 0.3) is 0 Å². The molecule has 0 saturated heterocycles. The van der Waals surface area contributed by atoms with Crippen LogP contribution in [0, 0.1) is 13.8 Å². The fourth-order valence-electron chi connectivity index (χ4n) is 2.15. The van der Waals surface area contributed by atoms with Crippen LogP contribution in [0.4, 0.5) is 0 Å². The Morgan fingerprint density at radius 2 is 2.00 bits per heavy atom. The van der Waals surface area contributed by atoms with Gasteiger partial charge in [-0.05, 0) is 38.5 Å². The Hall–Kier alpha value is -1.37. The zero-order chi connectivity index (χ0) is 15.8. The number of hydrogen-bond acceptors (Lipinski definition) is 3. The van der Waals surface area contributed by atoms with Gasteiger partial charge < -0.3 is 0 Å². The van der Waals surface area contributed by atoms with Gasteiger partial charge in [0, 0.05) is 29.9 Å². The highest BCUT2D eigenvalue weighted by Gasteiger charge is 2.21. The topological polar surface area (TPSA) is 64.0 Å². The van der Waals surface area contributed by atoms with Crippen molar-refractivity contribution in [2.24, 2.45) is 7.05 Å². The van der Waals surface area contributed by atoms with Crippen LogP contribution >= 0.6 is 11.6 Å². The molecule has 0 aliphatic heterocycles. The number of nitrogens with zero attached hydrogens (tertiary/aromatic N) is 2. The van der Waals surface area contributed by atoms with Gasteiger partial charge in [-0.15, -0.1) is 0 Å². The van der Waals surface area contributed by atoms with Crippen LogP contribution < -0.4 is 4.72 Å². The van der Waals surface area contributed by atoms with Gasteiger partial charge in [-0.25, -0.2) is 13.1 Å². The maximum absolute atomic E-state index is 12.4. The first kappa shape index (κ1) is 16.0. The molecule has 114 valence electrons. The normalized spacial score (nSPS) is 13.4. The first-order valence-electron chi connectivity index (χ1n) is 6.49. The lowest BCUT2D eigenvalue weighted by Crippen LogP contribution is -2.27. The summed E-state index contributed by atoms with van der Waals surface area (Å²) in [7, 11) is -1.82. The first-order valence-corrected chi connectivity index (χ1v) is 8.35. The Labute approximate surface area is 130 Å². The number of halogens is 1. The fourth-order valence-corrected chi connectivity index (χ4v) is 3.64. The zero-order valence-electron chi connectivity index (χ0n) is 12.4. The summed E-state index contributed by atoms with van der Waals surface area (Å²) >= 11 is 6.00. The van der Waals surface area contributed by atoms with Gasteiger partial charge >= 0.3 is 0 Å². The molecule has 1 unspecified atom stereocenters. The van der Waals surface area contributed by atoms with Crippen LogP contribution in [0.25, 0.3) is 0 Å². The second-order valence-corrected chi connectivity index (χ2v) is 7.22. The Bertz CT molecular complexity index is 769. The minimum atomic E-state index is -3.63. The Morgan fingerprint density at radius 3 is 2.52 bits per heavy atom. The fraction of sp³-hybridized carbons (Fsp3) is 0.357. The molecule has 0 saturated carbocycles. The van der Waals surface area contributed by atoms with E-state index in [2.05, 4.69) is 9.82 Å².